The van der Waals surface area contributed by atoms with E-state index in [4.69, 9.17) is 0 Å². The van der Waals surface area contributed by atoms with Crippen LogP contribution in [0.25, 0.3) is 11.3 Å². The lowest BCUT2D eigenvalue weighted by molar-refractivity contribution is 0.599. The summed E-state index contributed by atoms with van der Waals surface area (Å²) in [4.78, 5) is 0.128. The van der Waals surface area contributed by atoms with Crippen molar-refractivity contribution in [2.45, 2.75) is 25.3 Å². The highest BCUT2D eigenvalue weighted by Gasteiger charge is 2.19. The van der Waals surface area contributed by atoms with Gasteiger partial charge in [-0.2, -0.15) is 10.2 Å². The van der Waals surface area contributed by atoms with Gasteiger partial charge in [-0.25, -0.2) is 8.42 Å². The Bertz CT molecular complexity index is 972. The van der Waals surface area contributed by atoms with Gasteiger partial charge < -0.3 is 0 Å². The predicted octanol–water partition coefficient (Wildman–Crippen LogP) is 2.41. The molecule has 0 fully saturated rings. The fourth-order valence-electron chi connectivity index (χ4n) is 2.41. The predicted molar refractivity (Wildman–Crippen MR) is 92.1 cm³/mol. The first-order valence-electron chi connectivity index (χ1n) is 7.56. The Kier molecular flexibility index (Phi) is 4.15. The second-order valence-corrected chi connectivity index (χ2v) is 7.17. The SMILES string of the molecule is CCn1cc(S(=O)(=O)Nc2cc(-c3ccccc3C)nn2C)cn1. The number of sulfonamides is 1. The van der Waals surface area contributed by atoms with Crippen LogP contribution >= 0.6 is 0 Å². The molecule has 0 saturated heterocycles. The van der Waals surface area contributed by atoms with Crippen LogP contribution in [0, 0.1) is 6.92 Å². The quantitative estimate of drug-likeness (QED) is 0.770. The first kappa shape index (κ1) is 16.3. The molecule has 0 radical (unpaired) electrons. The third-order valence-corrected chi connectivity index (χ3v) is 5.09. The number of aryl methyl sites for hydroxylation is 3. The molecule has 0 aliphatic carbocycles. The Balaban J connectivity index is 1.92. The Hall–Kier alpha value is -2.61. The molecular weight excluding hydrogens is 326 g/mol. The van der Waals surface area contributed by atoms with Gasteiger partial charge in [0.05, 0.1) is 11.9 Å². The zero-order valence-corrected chi connectivity index (χ0v) is 14.6. The van der Waals surface area contributed by atoms with Crippen LogP contribution in [0.3, 0.4) is 0 Å². The molecular formula is C16H19N5O2S. The van der Waals surface area contributed by atoms with Crippen molar-refractivity contribution in [1.82, 2.24) is 19.6 Å². The van der Waals surface area contributed by atoms with Gasteiger partial charge in [-0.05, 0) is 19.4 Å². The van der Waals surface area contributed by atoms with Crippen LogP contribution in [0.1, 0.15) is 12.5 Å². The molecule has 8 heteroatoms. The number of nitrogens with one attached hydrogen (secondary N) is 1. The number of anilines is 1. The molecule has 2 aromatic heterocycles. The van der Waals surface area contributed by atoms with Crippen molar-refractivity contribution in [3.8, 4) is 11.3 Å². The van der Waals surface area contributed by atoms with E-state index in [0.29, 0.717) is 12.4 Å². The van der Waals surface area contributed by atoms with Crippen molar-refractivity contribution < 1.29 is 8.42 Å². The Labute approximate surface area is 141 Å². The number of rotatable bonds is 5. The van der Waals surface area contributed by atoms with Crippen molar-refractivity contribution in [1.29, 1.82) is 0 Å². The number of hydrogen-bond donors (Lipinski definition) is 1. The molecule has 0 saturated carbocycles. The summed E-state index contributed by atoms with van der Waals surface area (Å²) in [6, 6.07) is 9.56. The monoisotopic (exact) mass is 345 g/mol. The van der Waals surface area contributed by atoms with Gasteiger partial charge in [-0.15, -0.1) is 0 Å². The molecule has 24 heavy (non-hydrogen) atoms. The summed E-state index contributed by atoms with van der Waals surface area (Å²) in [5, 5.41) is 8.41. The summed E-state index contributed by atoms with van der Waals surface area (Å²) in [6.07, 6.45) is 2.84. The fraction of sp³-hybridized carbons (Fsp3) is 0.250. The third-order valence-electron chi connectivity index (χ3n) is 3.78. The Morgan fingerprint density at radius 3 is 2.67 bits per heavy atom. The zero-order chi connectivity index (χ0) is 17.3. The maximum absolute atomic E-state index is 12.5. The van der Waals surface area contributed by atoms with E-state index in [0.717, 1.165) is 16.8 Å². The molecule has 0 aliphatic rings. The van der Waals surface area contributed by atoms with Crippen LogP contribution in [-0.4, -0.2) is 28.0 Å². The topological polar surface area (TPSA) is 81.8 Å². The Morgan fingerprint density at radius 2 is 2.00 bits per heavy atom. The summed E-state index contributed by atoms with van der Waals surface area (Å²) in [5.74, 6) is 0.400. The summed E-state index contributed by atoms with van der Waals surface area (Å²) >= 11 is 0. The maximum atomic E-state index is 12.5. The minimum atomic E-state index is -3.70. The van der Waals surface area contributed by atoms with E-state index in [-0.39, 0.29) is 4.90 Å². The molecule has 2 heterocycles. The molecule has 0 bridgehead atoms. The minimum absolute atomic E-state index is 0.128. The van der Waals surface area contributed by atoms with Gasteiger partial charge in [-0.3, -0.25) is 14.1 Å². The summed E-state index contributed by atoms with van der Waals surface area (Å²) < 4.78 is 30.6. The highest BCUT2D eigenvalue weighted by molar-refractivity contribution is 7.92. The van der Waals surface area contributed by atoms with Crippen molar-refractivity contribution in [3.63, 3.8) is 0 Å². The van der Waals surface area contributed by atoms with Crippen LogP contribution in [0.15, 0.2) is 47.6 Å². The molecule has 3 aromatic rings. The van der Waals surface area contributed by atoms with E-state index in [9.17, 15) is 8.42 Å². The van der Waals surface area contributed by atoms with E-state index in [1.54, 1.807) is 17.8 Å². The first-order valence-corrected chi connectivity index (χ1v) is 9.04. The van der Waals surface area contributed by atoms with Crippen LogP contribution in [0.2, 0.25) is 0 Å². The average molecular weight is 345 g/mol. The van der Waals surface area contributed by atoms with E-state index >= 15 is 0 Å². The third kappa shape index (κ3) is 3.05. The molecule has 0 atom stereocenters. The fourth-order valence-corrected chi connectivity index (χ4v) is 3.44. The van der Waals surface area contributed by atoms with Gasteiger partial charge in [0.25, 0.3) is 10.0 Å². The number of aromatic nitrogens is 4. The van der Waals surface area contributed by atoms with Crippen molar-refractivity contribution >= 4 is 15.8 Å². The first-order chi connectivity index (χ1) is 11.4. The van der Waals surface area contributed by atoms with Gasteiger partial charge >= 0.3 is 0 Å². The number of nitrogens with zero attached hydrogens (tertiary/aromatic N) is 4. The lowest BCUT2D eigenvalue weighted by Crippen LogP contribution is -2.14. The highest BCUT2D eigenvalue weighted by Crippen LogP contribution is 2.25. The summed E-state index contributed by atoms with van der Waals surface area (Å²) in [6.45, 7) is 4.50. The molecule has 0 unspecified atom stereocenters. The van der Waals surface area contributed by atoms with Gasteiger partial charge in [0.1, 0.15) is 10.7 Å². The van der Waals surface area contributed by atoms with E-state index < -0.39 is 10.0 Å². The van der Waals surface area contributed by atoms with Crippen molar-refractivity contribution in [3.05, 3.63) is 48.3 Å². The largest absolute Gasteiger partial charge is 0.272 e. The number of benzene rings is 1. The molecule has 7 nitrogen and oxygen atoms in total. The molecule has 1 N–H and O–H groups in total. The van der Waals surface area contributed by atoms with Crippen LogP contribution in [0.5, 0.6) is 0 Å². The maximum Gasteiger partial charge on any atom is 0.266 e. The second kappa shape index (κ2) is 6.12. The molecule has 126 valence electrons. The summed E-state index contributed by atoms with van der Waals surface area (Å²) in [5.41, 5.74) is 2.77. The zero-order valence-electron chi connectivity index (χ0n) is 13.8. The lowest BCUT2D eigenvalue weighted by Gasteiger charge is -2.05. The van der Waals surface area contributed by atoms with Crippen molar-refractivity contribution in [2.24, 2.45) is 7.05 Å². The van der Waals surface area contributed by atoms with Crippen LogP contribution in [-0.2, 0) is 23.6 Å². The lowest BCUT2D eigenvalue weighted by atomic mass is 10.1. The Morgan fingerprint density at radius 1 is 1.25 bits per heavy atom. The van der Waals surface area contributed by atoms with Crippen LogP contribution < -0.4 is 4.72 Å². The molecule has 1 aromatic carbocycles. The number of hydrogen-bond acceptors (Lipinski definition) is 4. The van der Waals surface area contributed by atoms with Gasteiger partial charge in [0.2, 0.25) is 0 Å². The second-order valence-electron chi connectivity index (χ2n) is 5.49. The standard InChI is InChI=1S/C16H19N5O2S/c1-4-21-11-13(10-17-21)24(22,23)19-16-9-15(18-20(16)3)14-8-6-5-7-12(14)2/h5-11,19H,4H2,1-3H3. The average Bonchev–Trinajstić information content (AvgIpc) is 3.15. The van der Waals surface area contributed by atoms with E-state index in [2.05, 4.69) is 14.9 Å². The van der Waals surface area contributed by atoms with Crippen molar-refractivity contribution in [2.75, 3.05) is 4.72 Å². The van der Waals surface area contributed by atoms with Gasteiger partial charge in [0, 0.05) is 31.4 Å². The van der Waals surface area contributed by atoms with Gasteiger partial charge in [0.15, 0.2) is 0 Å². The van der Waals surface area contributed by atoms with Gasteiger partial charge in [-0.1, -0.05) is 24.3 Å². The van der Waals surface area contributed by atoms with E-state index in [1.807, 2.05) is 38.1 Å². The van der Waals surface area contributed by atoms with E-state index in [1.165, 1.54) is 17.1 Å². The van der Waals surface area contributed by atoms with Crippen LogP contribution in [0.4, 0.5) is 5.82 Å². The molecule has 3 rings (SSSR count). The molecule has 0 spiro atoms. The smallest absolute Gasteiger partial charge is 0.266 e. The normalized spacial score (nSPS) is 11.6. The molecule has 0 amide bonds. The molecule has 0 aliphatic heterocycles. The minimum Gasteiger partial charge on any atom is -0.272 e. The highest BCUT2D eigenvalue weighted by atomic mass is 32.2. The summed E-state index contributed by atoms with van der Waals surface area (Å²) in [7, 11) is -1.99.